The normalized spacial score (nSPS) is 23.9. The van der Waals surface area contributed by atoms with Crippen LogP contribution >= 0.6 is 0 Å². The summed E-state index contributed by atoms with van der Waals surface area (Å²) >= 11 is 0. The second kappa shape index (κ2) is 9.04. The van der Waals surface area contributed by atoms with Crippen LogP contribution in [0.25, 0.3) is 0 Å². The minimum absolute atomic E-state index is 0.345. The lowest BCUT2D eigenvalue weighted by Gasteiger charge is -2.18. The number of nitrogens with one attached hydrogen (secondary N) is 2. The lowest BCUT2D eigenvalue weighted by Crippen LogP contribution is -2.34. The van der Waals surface area contributed by atoms with Crippen LogP contribution in [0.15, 0.2) is 44.3 Å². The predicted molar refractivity (Wildman–Crippen MR) is 94.1 cm³/mol. The summed E-state index contributed by atoms with van der Waals surface area (Å²) in [6.07, 6.45) is 13.2. The number of nitrogens with zero attached hydrogens (tertiary/aromatic N) is 4. The highest BCUT2D eigenvalue weighted by Gasteiger charge is 2.09. The van der Waals surface area contributed by atoms with Gasteiger partial charge in [0.1, 0.15) is 0 Å². The maximum Gasteiger partial charge on any atom is 0.0829 e. The molecule has 6 heteroatoms. The van der Waals surface area contributed by atoms with Crippen LogP contribution in [-0.4, -0.2) is 43.0 Å². The minimum Gasteiger partial charge on any atom is -0.380 e. The Morgan fingerprint density at radius 1 is 1.18 bits per heavy atom. The van der Waals surface area contributed by atoms with Gasteiger partial charge in [-0.05, 0) is 39.3 Å². The number of hydrogen-bond acceptors (Lipinski definition) is 6. The third-order valence-corrected chi connectivity index (χ3v) is 3.57. The molecule has 2 aliphatic rings. The Morgan fingerprint density at radius 3 is 2.68 bits per heavy atom. The van der Waals surface area contributed by atoms with Crippen molar-refractivity contribution in [2.24, 2.45) is 20.4 Å². The average Bonchev–Trinajstić information content (AvgIpc) is 2.56. The lowest BCUT2D eigenvalue weighted by molar-refractivity contribution is 0.476. The Kier molecular flexibility index (Phi) is 6.70. The quantitative estimate of drug-likeness (QED) is 0.602. The summed E-state index contributed by atoms with van der Waals surface area (Å²) in [5.74, 6) is 0. The highest BCUT2D eigenvalue weighted by molar-refractivity contribution is 6.40. The molecule has 1 unspecified atom stereocenters. The first-order valence-electron chi connectivity index (χ1n) is 7.75. The van der Waals surface area contributed by atoms with Gasteiger partial charge in [-0.25, -0.2) is 0 Å². The first-order valence-corrected chi connectivity index (χ1v) is 7.75. The largest absolute Gasteiger partial charge is 0.380 e. The van der Waals surface area contributed by atoms with Gasteiger partial charge in [0.05, 0.1) is 23.3 Å². The SMILES string of the molecule is CC(=NN=CC1=CC=CCN1)C(C)=NN=CC1CCCCN1. The van der Waals surface area contributed by atoms with Crippen LogP contribution in [0.1, 0.15) is 33.1 Å². The third kappa shape index (κ3) is 5.73. The molecule has 0 radical (unpaired) electrons. The summed E-state index contributed by atoms with van der Waals surface area (Å²) < 4.78 is 0. The topological polar surface area (TPSA) is 73.5 Å². The Balaban J connectivity index is 1.85. The second-order valence-electron chi connectivity index (χ2n) is 5.37. The fourth-order valence-electron chi connectivity index (χ4n) is 2.09. The van der Waals surface area contributed by atoms with Crippen molar-refractivity contribution in [3.8, 4) is 0 Å². The molecule has 2 aliphatic heterocycles. The van der Waals surface area contributed by atoms with E-state index in [4.69, 9.17) is 0 Å². The van der Waals surface area contributed by atoms with E-state index in [1.807, 2.05) is 38.3 Å². The lowest BCUT2D eigenvalue weighted by atomic mass is 10.1. The molecule has 1 fully saturated rings. The van der Waals surface area contributed by atoms with E-state index < -0.39 is 0 Å². The van der Waals surface area contributed by atoms with Crippen LogP contribution < -0.4 is 10.6 Å². The van der Waals surface area contributed by atoms with Gasteiger partial charge in [0.25, 0.3) is 0 Å². The highest BCUT2D eigenvalue weighted by atomic mass is 15.2. The standard InChI is InChI=1S/C16H24N6/c1-13(21-19-11-15-7-3-5-9-17-15)14(2)22-20-12-16-8-4-6-10-18-16/h3,5,7,11-12,16-18H,4,6,8-10H2,1-2H3. The summed E-state index contributed by atoms with van der Waals surface area (Å²) in [6.45, 7) is 5.66. The molecule has 0 bridgehead atoms. The van der Waals surface area contributed by atoms with Gasteiger partial charge in [-0.1, -0.05) is 18.6 Å². The van der Waals surface area contributed by atoms with Gasteiger partial charge in [-0.15, -0.1) is 0 Å². The van der Waals surface area contributed by atoms with Gasteiger partial charge in [0, 0.05) is 18.8 Å². The van der Waals surface area contributed by atoms with Crippen molar-refractivity contribution in [2.45, 2.75) is 39.2 Å². The molecular formula is C16H24N6. The van der Waals surface area contributed by atoms with Gasteiger partial charge in [-0.2, -0.15) is 20.4 Å². The molecule has 0 aliphatic carbocycles. The zero-order chi connectivity index (χ0) is 15.6. The van der Waals surface area contributed by atoms with Crippen molar-refractivity contribution in [3.05, 3.63) is 23.9 Å². The summed E-state index contributed by atoms with van der Waals surface area (Å²) in [5, 5.41) is 23.1. The van der Waals surface area contributed by atoms with E-state index in [1.165, 1.54) is 12.8 Å². The molecule has 0 spiro atoms. The maximum atomic E-state index is 4.18. The summed E-state index contributed by atoms with van der Waals surface area (Å²) in [5.41, 5.74) is 2.49. The van der Waals surface area contributed by atoms with Crippen LogP contribution in [-0.2, 0) is 0 Å². The molecule has 1 saturated heterocycles. The molecule has 1 atom stereocenters. The molecule has 0 aromatic carbocycles. The van der Waals surface area contributed by atoms with Crippen LogP contribution in [0.4, 0.5) is 0 Å². The van der Waals surface area contributed by atoms with E-state index in [1.54, 1.807) is 6.21 Å². The fourth-order valence-corrected chi connectivity index (χ4v) is 2.09. The highest BCUT2D eigenvalue weighted by Crippen LogP contribution is 2.04. The van der Waals surface area contributed by atoms with Crippen LogP contribution in [0.5, 0.6) is 0 Å². The van der Waals surface area contributed by atoms with Gasteiger partial charge >= 0.3 is 0 Å². The second-order valence-corrected chi connectivity index (χ2v) is 5.37. The molecule has 0 amide bonds. The number of allylic oxidation sites excluding steroid dienone is 3. The summed E-state index contributed by atoms with van der Waals surface area (Å²) in [7, 11) is 0. The molecule has 2 rings (SSSR count). The molecule has 0 aromatic heterocycles. The molecular weight excluding hydrogens is 276 g/mol. The van der Waals surface area contributed by atoms with Crippen molar-refractivity contribution in [2.75, 3.05) is 13.1 Å². The Hall–Kier alpha value is -2.08. The van der Waals surface area contributed by atoms with Gasteiger partial charge in [0.2, 0.25) is 0 Å². The predicted octanol–water partition coefficient (Wildman–Crippen LogP) is 2.07. The van der Waals surface area contributed by atoms with Crippen molar-refractivity contribution >= 4 is 23.9 Å². The fraction of sp³-hybridized carbons (Fsp3) is 0.500. The van der Waals surface area contributed by atoms with Crippen LogP contribution in [0.2, 0.25) is 0 Å². The smallest absolute Gasteiger partial charge is 0.0829 e. The Labute approximate surface area is 131 Å². The van der Waals surface area contributed by atoms with E-state index in [0.29, 0.717) is 6.04 Å². The molecule has 2 N–H and O–H groups in total. The zero-order valence-corrected chi connectivity index (χ0v) is 13.3. The maximum absolute atomic E-state index is 4.18. The van der Waals surface area contributed by atoms with Crippen molar-refractivity contribution in [1.82, 2.24) is 10.6 Å². The molecule has 0 aromatic rings. The van der Waals surface area contributed by atoms with E-state index in [-0.39, 0.29) is 0 Å². The van der Waals surface area contributed by atoms with Crippen LogP contribution in [0, 0.1) is 0 Å². The zero-order valence-electron chi connectivity index (χ0n) is 13.3. The monoisotopic (exact) mass is 300 g/mol. The van der Waals surface area contributed by atoms with E-state index in [2.05, 4.69) is 31.0 Å². The number of hydrogen-bond donors (Lipinski definition) is 2. The molecule has 22 heavy (non-hydrogen) atoms. The van der Waals surface area contributed by atoms with Gasteiger partial charge in [-0.3, -0.25) is 0 Å². The van der Waals surface area contributed by atoms with Crippen molar-refractivity contribution in [3.63, 3.8) is 0 Å². The first-order chi connectivity index (χ1) is 10.8. The van der Waals surface area contributed by atoms with Gasteiger partial charge in [0.15, 0.2) is 0 Å². The van der Waals surface area contributed by atoms with E-state index in [0.717, 1.165) is 36.6 Å². The number of rotatable bonds is 5. The van der Waals surface area contributed by atoms with E-state index in [9.17, 15) is 0 Å². The van der Waals surface area contributed by atoms with Crippen molar-refractivity contribution < 1.29 is 0 Å². The Morgan fingerprint density at radius 2 is 2.00 bits per heavy atom. The van der Waals surface area contributed by atoms with Gasteiger partial charge < -0.3 is 10.6 Å². The summed E-state index contributed by atoms with van der Waals surface area (Å²) in [4.78, 5) is 0. The minimum atomic E-state index is 0.345. The average molecular weight is 300 g/mol. The third-order valence-electron chi connectivity index (χ3n) is 3.57. The number of dihydropyridines is 1. The van der Waals surface area contributed by atoms with Crippen LogP contribution in [0.3, 0.4) is 0 Å². The number of piperidine rings is 1. The molecule has 2 heterocycles. The molecule has 6 nitrogen and oxygen atoms in total. The van der Waals surface area contributed by atoms with E-state index >= 15 is 0 Å². The Bertz CT molecular complexity index is 533. The first kappa shape index (κ1) is 16.3. The molecule has 118 valence electrons. The molecule has 0 saturated carbocycles. The van der Waals surface area contributed by atoms with Crippen molar-refractivity contribution in [1.29, 1.82) is 0 Å². The summed E-state index contributed by atoms with van der Waals surface area (Å²) in [6, 6.07) is 0.345.